The highest BCUT2D eigenvalue weighted by Crippen LogP contribution is 2.19. The SMILES string of the molecule is CC(C)C[C@H](C(=O)NC(C)(C)C)N(C(=O)C(=O)C1CCCN1)C(=O)[C@H](Cc1ccccc1)NC(=O)OCc1ccccc1. The molecule has 1 aliphatic heterocycles. The molecule has 1 saturated heterocycles. The fraction of sp³-hybridized carbons (Fsp3) is 0.485. The molecule has 0 aromatic heterocycles. The average Bonchev–Trinajstić information content (AvgIpc) is 3.50. The standard InChI is InChI=1S/C33H44N4O6/c1-22(2)19-27(29(39)36-33(3,4)5)37(31(41)28(38)25-17-12-18-34-25)30(40)26(20-23-13-8-6-9-14-23)35-32(42)43-21-24-15-10-7-11-16-24/h6-11,13-16,22,25-27,34H,12,17-21H2,1-5H3,(H,35,42)(H,36,39)/t25?,26-,27+/m0/s1. The molecule has 0 radical (unpaired) electrons. The first kappa shape index (κ1) is 33.5. The lowest BCUT2D eigenvalue weighted by Crippen LogP contribution is -2.62. The smallest absolute Gasteiger partial charge is 0.408 e. The number of carbonyl (C=O) groups is 5. The minimum Gasteiger partial charge on any atom is -0.445 e. The molecular formula is C33H44N4O6. The van der Waals surface area contributed by atoms with E-state index in [1.165, 1.54) is 0 Å². The molecule has 2 aromatic carbocycles. The van der Waals surface area contributed by atoms with Crippen LogP contribution in [0, 0.1) is 5.92 Å². The van der Waals surface area contributed by atoms with Crippen LogP contribution >= 0.6 is 0 Å². The van der Waals surface area contributed by atoms with Crippen molar-refractivity contribution in [3.63, 3.8) is 0 Å². The summed E-state index contributed by atoms with van der Waals surface area (Å²) in [5.41, 5.74) is 0.801. The van der Waals surface area contributed by atoms with Crippen molar-refractivity contribution in [2.75, 3.05) is 6.54 Å². The van der Waals surface area contributed by atoms with Crippen molar-refractivity contribution >= 4 is 29.6 Å². The Bertz CT molecular complexity index is 1250. The minimum atomic E-state index is -1.30. The van der Waals surface area contributed by atoms with Crippen LogP contribution in [0.3, 0.4) is 0 Å². The summed E-state index contributed by atoms with van der Waals surface area (Å²) in [6.07, 6.45) is 0.431. The maximum Gasteiger partial charge on any atom is 0.408 e. The van der Waals surface area contributed by atoms with Crippen LogP contribution in [0.25, 0.3) is 0 Å². The third kappa shape index (κ3) is 10.3. The van der Waals surface area contributed by atoms with E-state index < -0.39 is 53.3 Å². The Morgan fingerprint density at radius 2 is 1.56 bits per heavy atom. The summed E-state index contributed by atoms with van der Waals surface area (Å²) in [6.45, 7) is 9.65. The molecule has 10 nitrogen and oxygen atoms in total. The Morgan fingerprint density at radius 1 is 0.953 bits per heavy atom. The minimum absolute atomic E-state index is 0.00898. The number of nitrogens with zero attached hydrogens (tertiary/aromatic N) is 1. The normalized spacial score (nSPS) is 16.2. The molecule has 4 amide bonds. The van der Waals surface area contributed by atoms with Crippen molar-refractivity contribution in [1.29, 1.82) is 0 Å². The summed E-state index contributed by atoms with van der Waals surface area (Å²) >= 11 is 0. The summed E-state index contributed by atoms with van der Waals surface area (Å²) in [5.74, 6) is -3.37. The van der Waals surface area contributed by atoms with E-state index >= 15 is 0 Å². The van der Waals surface area contributed by atoms with E-state index in [4.69, 9.17) is 4.74 Å². The number of amides is 4. The first-order chi connectivity index (χ1) is 20.4. The molecule has 1 aliphatic rings. The van der Waals surface area contributed by atoms with Gasteiger partial charge in [0.15, 0.2) is 0 Å². The van der Waals surface area contributed by atoms with Gasteiger partial charge < -0.3 is 20.7 Å². The molecule has 1 heterocycles. The van der Waals surface area contributed by atoms with Gasteiger partial charge in [-0.2, -0.15) is 0 Å². The van der Waals surface area contributed by atoms with Gasteiger partial charge in [-0.15, -0.1) is 0 Å². The first-order valence-electron chi connectivity index (χ1n) is 14.8. The zero-order valence-electron chi connectivity index (χ0n) is 25.7. The Kier molecular flexibility index (Phi) is 12.0. The van der Waals surface area contributed by atoms with Gasteiger partial charge >= 0.3 is 6.09 Å². The average molecular weight is 593 g/mol. The molecule has 3 N–H and O–H groups in total. The zero-order valence-corrected chi connectivity index (χ0v) is 25.7. The van der Waals surface area contributed by atoms with Gasteiger partial charge in [-0.1, -0.05) is 74.5 Å². The predicted molar refractivity (Wildman–Crippen MR) is 163 cm³/mol. The maximum atomic E-state index is 14.4. The quantitative estimate of drug-likeness (QED) is 0.321. The number of alkyl carbamates (subject to hydrolysis) is 1. The van der Waals surface area contributed by atoms with Gasteiger partial charge in [0.1, 0.15) is 18.7 Å². The first-order valence-corrected chi connectivity index (χ1v) is 14.8. The number of Topliss-reactive ketones (excluding diaryl/α,β-unsaturated/α-hetero) is 1. The van der Waals surface area contributed by atoms with Gasteiger partial charge in [0.05, 0.1) is 6.04 Å². The van der Waals surface area contributed by atoms with Crippen LogP contribution in [0.1, 0.15) is 65.0 Å². The van der Waals surface area contributed by atoms with E-state index in [-0.39, 0.29) is 25.4 Å². The zero-order chi connectivity index (χ0) is 31.6. The van der Waals surface area contributed by atoms with Crippen molar-refractivity contribution < 1.29 is 28.7 Å². The Labute approximate surface area is 253 Å². The predicted octanol–water partition coefficient (Wildman–Crippen LogP) is 3.53. The van der Waals surface area contributed by atoms with Crippen LogP contribution in [-0.4, -0.2) is 64.7 Å². The third-order valence-electron chi connectivity index (χ3n) is 6.94. The summed E-state index contributed by atoms with van der Waals surface area (Å²) in [6, 6.07) is 14.7. The van der Waals surface area contributed by atoms with Crippen LogP contribution in [0.15, 0.2) is 60.7 Å². The van der Waals surface area contributed by atoms with E-state index in [0.29, 0.717) is 24.9 Å². The number of ketones is 1. The second kappa shape index (κ2) is 15.4. The fourth-order valence-corrected chi connectivity index (χ4v) is 4.93. The van der Waals surface area contributed by atoms with Crippen LogP contribution < -0.4 is 16.0 Å². The van der Waals surface area contributed by atoms with Gasteiger partial charge in [-0.05, 0) is 63.6 Å². The molecule has 1 fully saturated rings. The molecule has 0 bridgehead atoms. The molecule has 43 heavy (non-hydrogen) atoms. The van der Waals surface area contributed by atoms with E-state index in [1.54, 1.807) is 57.2 Å². The lowest BCUT2D eigenvalue weighted by atomic mass is 9.96. The van der Waals surface area contributed by atoms with Gasteiger partial charge in [-0.25, -0.2) is 4.79 Å². The van der Waals surface area contributed by atoms with E-state index in [0.717, 1.165) is 10.5 Å². The second-order valence-corrected chi connectivity index (χ2v) is 12.4. The van der Waals surface area contributed by atoms with Crippen molar-refractivity contribution in [2.45, 2.75) is 90.6 Å². The number of hydrogen-bond acceptors (Lipinski definition) is 7. The van der Waals surface area contributed by atoms with Gasteiger partial charge in [0.2, 0.25) is 11.7 Å². The molecule has 3 atom stereocenters. The number of imide groups is 1. The third-order valence-corrected chi connectivity index (χ3v) is 6.94. The van der Waals surface area contributed by atoms with E-state index in [1.807, 2.05) is 38.1 Å². The van der Waals surface area contributed by atoms with Crippen molar-refractivity contribution in [3.05, 3.63) is 71.8 Å². The highest BCUT2D eigenvalue weighted by Gasteiger charge is 2.44. The second-order valence-electron chi connectivity index (χ2n) is 12.4. The number of rotatable bonds is 12. The van der Waals surface area contributed by atoms with Crippen LogP contribution in [0.2, 0.25) is 0 Å². The fourth-order valence-electron chi connectivity index (χ4n) is 4.93. The molecule has 232 valence electrons. The Morgan fingerprint density at radius 3 is 2.09 bits per heavy atom. The number of carbonyl (C=O) groups excluding carboxylic acids is 5. The van der Waals surface area contributed by atoms with Crippen LogP contribution in [0.4, 0.5) is 4.79 Å². The summed E-state index contributed by atoms with van der Waals surface area (Å²) in [5, 5.41) is 8.49. The summed E-state index contributed by atoms with van der Waals surface area (Å²) < 4.78 is 5.39. The molecule has 3 rings (SSSR count). The van der Waals surface area contributed by atoms with Gasteiger partial charge in [0, 0.05) is 12.0 Å². The summed E-state index contributed by atoms with van der Waals surface area (Å²) in [7, 11) is 0. The summed E-state index contributed by atoms with van der Waals surface area (Å²) in [4.78, 5) is 69.1. The number of benzene rings is 2. The molecule has 10 heteroatoms. The highest BCUT2D eigenvalue weighted by atomic mass is 16.5. The Hall–Kier alpha value is -4.05. The van der Waals surface area contributed by atoms with Crippen molar-refractivity contribution in [3.8, 4) is 0 Å². The molecule has 0 saturated carbocycles. The molecule has 0 aliphatic carbocycles. The number of nitrogens with one attached hydrogen (secondary N) is 3. The topological polar surface area (TPSA) is 134 Å². The van der Waals surface area contributed by atoms with Crippen LogP contribution in [-0.2, 0) is 36.9 Å². The van der Waals surface area contributed by atoms with Gasteiger partial charge in [0.25, 0.3) is 11.8 Å². The Balaban J connectivity index is 1.99. The van der Waals surface area contributed by atoms with Crippen LogP contribution in [0.5, 0.6) is 0 Å². The van der Waals surface area contributed by atoms with Crippen molar-refractivity contribution in [2.24, 2.45) is 5.92 Å². The molecule has 0 spiro atoms. The molecule has 1 unspecified atom stereocenters. The maximum absolute atomic E-state index is 14.4. The van der Waals surface area contributed by atoms with Crippen molar-refractivity contribution in [1.82, 2.24) is 20.9 Å². The monoisotopic (exact) mass is 592 g/mol. The molecular weight excluding hydrogens is 548 g/mol. The highest BCUT2D eigenvalue weighted by molar-refractivity contribution is 6.41. The lowest BCUT2D eigenvalue weighted by Gasteiger charge is -2.35. The largest absolute Gasteiger partial charge is 0.445 e. The number of hydrogen-bond donors (Lipinski definition) is 3. The van der Waals surface area contributed by atoms with E-state index in [2.05, 4.69) is 16.0 Å². The lowest BCUT2D eigenvalue weighted by molar-refractivity contribution is -0.158. The van der Waals surface area contributed by atoms with Gasteiger partial charge in [-0.3, -0.25) is 24.1 Å². The number of ether oxygens (including phenoxy) is 1. The molecule has 2 aromatic rings. The van der Waals surface area contributed by atoms with E-state index in [9.17, 15) is 24.0 Å².